The first-order chi connectivity index (χ1) is 10.0. The Bertz CT molecular complexity index is 448. The van der Waals surface area contributed by atoms with Crippen LogP contribution in [0.15, 0.2) is 30.3 Å². The van der Waals surface area contributed by atoms with Gasteiger partial charge in [0.15, 0.2) is 0 Å². The topological polar surface area (TPSA) is 78.4 Å². The molecule has 0 fully saturated rings. The van der Waals surface area contributed by atoms with E-state index in [0.29, 0.717) is 13.0 Å². The Hall–Kier alpha value is -1.88. The van der Waals surface area contributed by atoms with Crippen LogP contribution in [0.25, 0.3) is 0 Å². The number of carboxylic acids is 1. The molecule has 5 nitrogen and oxygen atoms in total. The van der Waals surface area contributed by atoms with Gasteiger partial charge >= 0.3 is 5.97 Å². The van der Waals surface area contributed by atoms with E-state index in [1.807, 2.05) is 37.3 Å². The maximum Gasteiger partial charge on any atom is 0.321 e. The molecule has 1 aromatic carbocycles. The van der Waals surface area contributed by atoms with Crippen molar-refractivity contribution in [1.82, 2.24) is 10.6 Å². The molecule has 1 unspecified atom stereocenters. The summed E-state index contributed by atoms with van der Waals surface area (Å²) >= 11 is 0. The van der Waals surface area contributed by atoms with Crippen LogP contribution in [0.3, 0.4) is 0 Å². The lowest BCUT2D eigenvalue weighted by Gasteiger charge is -2.20. The van der Waals surface area contributed by atoms with Gasteiger partial charge in [0, 0.05) is 6.54 Å². The van der Waals surface area contributed by atoms with E-state index in [2.05, 4.69) is 10.6 Å². The van der Waals surface area contributed by atoms with Gasteiger partial charge in [-0.15, -0.1) is 0 Å². The fourth-order valence-electron chi connectivity index (χ4n) is 1.99. The summed E-state index contributed by atoms with van der Waals surface area (Å²) in [7, 11) is 0. The Kier molecular flexibility index (Phi) is 7.46. The van der Waals surface area contributed by atoms with Gasteiger partial charge in [-0.2, -0.15) is 0 Å². The molecule has 21 heavy (non-hydrogen) atoms. The summed E-state index contributed by atoms with van der Waals surface area (Å²) in [6.45, 7) is 4.36. The molecule has 1 aromatic rings. The number of rotatable bonds is 9. The zero-order chi connectivity index (χ0) is 15.7. The van der Waals surface area contributed by atoms with Gasteiger partial charge in [-0.3, -0.25) is 14.9 Å². The monoisotopic (exact) mass is 292 g/mol. The lowest BCUT2D eigenvalue weighted by Crippen LogP contribution is -2.50. The minimum atomic E-state index is -0.952. The van der Waals surface area contributed by atoms with Crippen molar-refractivity contribution in [2.24, 2.45) is 0 Å². The largest absolute Gasteiger partial charge is 0.480 e. The summed E-state index contributed by atoms with van der Waals surface area (Å²) in [6.07, 6.45) is 2.28. The maximum atomic E-state index is 11.9. The van der Waals surface area contributed by atoms with E-state index in [1.165, 1.54) is 0 Å². The Morgan fingerprint density at radius 3 is 2.48 bits per heavy atom. The molecule has 5 heteroatoms. The third-order valence-corrected chi connectivity index (χ3v) is 3.25. The average Bonchev–Trinajstić information content (AvgIpc) is 2.47. The van der Waals surface area contributed by atoms with Crippen molar-refractivity contribution in [2.45, 2.75) is 45.2 Å². The molecular formula is C16H24N2O3. The van der Waals surface area contributed by atoms with Crippen LogP contribution in [0.1, 0.15) is 32.3 Å². The molecule has 0 aliphatic heterocycles. The van der Waals surface area contributed by atoms with E-state index < -0.39 is 18.1 Å². The second-order valence-electron chi connectivity index (χ2n) is 5.11. The predicted octanol–water partition coefficient (Wildman–Crippen LogP) is 1.58. The molecule has 0 aliphatic carbocycles. The van der Waals surface area contributed by atoms with Gasteiger partial charge in [-0.1, -0.05) is 43.7 Å². The van der Waals surface area contributed by atoms with E-state index in [1.54, 1.807) is 6.92 Å². The number of hydrogen-bond donors (Lipinski definition) is 3. The van der Waals surface area contributed by atoms with E-state index in [0.717, 1.165) is 18.4 Å². The highest BCUT2D eigenvalue weighted by Crippen LogP contribution is 2.04. The number of carbonyl (C=O) groups is 2. The fraction of sp³-hybridized carbons (Fsp3) is 0.500. The van der Waals surface area contributed by atoms with Crippen molar-refractivity contribution in [1.29, 1.82) is 0 Å². The third kappa shape index (κ3) is 6.40. The van der Waals surface area contributed by atoms with Crippen molar-refractivity contribution < 1.29 is 14.7 Å². The second-order valence-corrected chi connectivity index (χ2v) is 5.11. The maximum absolute atomic E-state index is 11.9. The first-order valence-corrected chi connectivity index (χ1v) is 7.35. The molecule has 1 amide bonds. The Labute approximate surface area is 125 Å². The van der Waals surface area contributed by atoms with Crippen LogP contribution >= 0.6 is 0 Å². The predicted molar refractivity (Wildman–Crippen MR) is 82.1 cm³/mol. The van der Waals surface area contributed by atoms with Crippen LogP contribution in [0.5, 0.6) is 0 Å². The molecule has 0 spiro atoms. The summed E-state index contributed by atoms with van der Waals surface area (Å²) in [5, 5.41) is 15.0. The summed E-state index contributed by atoms with van der Waals surface area (Å²) in [6, 6.07) is 8.07. The first kappa shape index (κ1) is 17.2. The molecule has 116 valence electrons. The Morgan fingerprint density at radius 1 is 1.24 bits per heavy atom. The number of carboxylic acid groups (broad SMARTS) is 1. The van der Waals surface area contributed by atoms with Gasteiger partial charge in [0.2, 0.25) is 5.91 Å². The van der Waals surface area contributed by atoms with Gasteiger partial charge in [0.25, 0.3) is 0 Å². The van der Waals surface area contributed by atoms with Crippen LogP contribution in [0.4, 0.5) is 0 Å². The van der Waals surface area contributed by atoms with Crippen molar-refractivity contribution in [3.63, 3.8) is 0 Å². The third-order valence-electron chi connectivity index (χ3n) is 3.25. The van der Waals surface area contributed by atoms with Crippen molar-refractivity contribution in [3.05, 3.63) is 35.9 Å². The number of amides is 1. The smallest absolute Gasteiger partial charge is 0.321 e. The van der Waals surface area contributed by atoms with Crippen LogP contribution in [0.2, 0.25) is 0 Å². The summed E-state index contributed by atoms with van der Waals surface area (Å²) in [5.41, 5.74) is 0.927. The number of aliphatic carboxylic acids is 1. The molecule has 0 saturated carbocycles. The van der Waals surface area contributed by atoms with Crippen molar-refractivity contribution >= 4 is 11.9 Å². The zero-order valence-electron chi connectivity index (χ0n) is 12.6. The number of nitrogens with one attached hydrogen (secondary N) is 2. The fourth-order valence-corrected chi connectivity index (χ4v) is 1.99. The van der Waals surface area contributed by atoms with Crippen LogP contribution in [0, 0.1) is 0 Å². The Balaban J connectivity index is 2.54. The molecule has 0 heterocycles. The molecule has 0 radical (unpaired) electrons. The highest BCUT2D eigenvalue weighted by Gasteiger charge is 2.23. The minimum Gasteiger partial charge on any atom is -0.480 e. The summed E-state index contributed by atoms with van der Waals surface area (Å²) in [5.74, 6) is -1.12. The van der Waals surface area contributed by atoms with Crippen molar-refractivity contribution in [2.75, 3.05) is 6.54 Å². The van der Waals surface area contributed by atoms with Gasteiger partial charge in [0.1, 0.15) is 6.04 Å². The SMILES string of the molecule is CCCCNC(=O)C(C)N[C@H](Cc1ccccc1)C(=O)O. The summed E-state index contributed by atoms with van der Waals surface area (Å²) in [4.78, 5) is 23.2. The molecule has 0 bridgehead atoms. The quantitative estimate of drug-likeness (QED) is 0.604. The van der Waals surface area contributed by atoms with Crippen LogP contribution in [-0.4, -0.2) is 35.6 Å². The van der Waals surface area contributed by atoms with Crippen LogP contribution in [-0.2, 0) is 16.0 Å². The lowest BCUT2D eigenvalue weighted by molar-refractivity contribution is -0.139. The van der Waals surface area contributed by atoms with E-state index in [9.17, 15) is 14.7 Å². The summed E-state index contributed by atoms with van der Waals surface area (Å²) < 4.78 is 0. The molecular weight excluding hydrogens is 268 g/mol. The normalized spacial score (nSPS) is 13.4. The van der Waals surface area contributed by atoms with E-state index in [-0.39, 0.29) is 5.91 Å². The van der Waals surface area contributed by atoms with E-state index in [4.69, 9.17) is 0 Å². The second kappa shape index (κ2) is 9.13. The highest BCUT2D eigenvalue weighted by molar-refractivity contribution is 5.82. The van der Waals surface area contributed by atoms with Gasteiger partial charge in [-0.05, 0) is 25.3 Å². The average molecular weight is 292 g/mol. The molecule has 1 rings (SSSR count). The number of carbonyl (C=O) groups excluding carboxylic acids is 1. The minimum absolute atomic E-state index is 0.164. The van der Waals surface area contributed by atoms with Gasteiger partial charge in [-0.25, -0.2) is 0 Å². The van der Waals surface area contributed by atoms with Gasteiger partial charge in [0.05, 0.1) is 6.04 Å². The number of unbranched alkanes of at least 4 members (excludes halogenated alkanes) is 1. The molecule has 3 N–H and O–H groups in total. The standard InChI is InChI=1S/C16H24N2O3/c1-3-4-10-17-15(19)12(2)18-14(16(20)21)11-13-8-6-5-7-9-13/h5-9,12,14,18H,3-4,10-11H2,1-2H3,(H,17,19)(H,20,21)/t12?,14-/m1/s1. The molecule has 0 saturated heterocycles. The highest BCUT2D eigenvalue weighted by atomic mass is 16.4. The lowest BCUT2D eigenvalue weighted by atomic mass is 10.1. The van der Waals surface area contributed by atoms with E-state index >= 15 is 0 Å². The number of hydrogen-bond acceptors (Lipinski definition) is 3. The zero-order valence-corrected chi connectivity index (χ0v) is 12.6. The Morgan fingerprint density at radius 2 is 1.90 bits per heavy atom. The molecule has 0 aromatic heterocycles. The van der Waals surface area contributed by atoms with Crippen LogP contribution < -0.4 is 10.6 Å². The molecule has 2 atom stereocenters. The first-order valence-electron chi connectivity index (χ1n) is 7.35. The van der Waals surface area contributed by atoms with Gasteiger partial charge < -0.3 is 10.4 Å². The van der Waals surface area contributed by atoms with Crippen molar-refractivity contribution in [3.8, 4) is 0 Å². The molecule has 0 aliphatic rings. The number of benzene rings is 1.